The molecule has 0 amide bonds. The number of nitro groups is 1. The fourth-order valence-electron chi connectivity index (χ4n) is 2.74. The molecule has 0 aliphatic carbocycles. The van der Waals surface area contributed by atoms with Gasteiger partial charge in [0.2, 0.25) is 4.90 Å². The van der Waals surface area contributed by atoms with E-state index >= 15 is 0 Å². The molecule has 1 N–H and O–H groups in total. The molecule has 128 valence electrons. The minimum absolute atomic E-state index is 0.0436. The third-order valence-corrected chi connectivity index (χ3v) is 5.72. The predicted octanol–water partition coefficient (Wildman–Crippen LogP) is 1.20. The highest BCUT2D eigenvalue weighted by atomic mass is 32.2. The lowest BCUT2D eigenvalue weighted by atomic mass is 10.2. The van der Waals surface area contributed by atoms with Crippen LogP contribution in [-0.2, 0) is 17.1 Å². The van der Waals surface area contributed by atoms with Crippen LogP contribution in [0.4, 0.5) is 11.5 Å². The van der Waals surface area contributed by atoms with Crippen molar-refractivity contribution in [1.82, 2.24) is 14.1 Å². The Balaban J connectivity index is 1.78. The van der Waals surface area contributed by atoms with Crippen molar-refractivity contribution in [2.45, 2.75) is 17.4 Å². The average Bonchev–Trinajstić information content (AvgIpc) is 3.16. The second kappa shape index (κ2) is 6.21. The maximum atomic E-state index is 12.7. The molecule has 9 nitrogen and oxygen atoms in total. The van der Waals surface area contributed by atoms with Crippen LogP contribution in [0, 0.1) is 10.1 Å². The normalized spacial score (nSPS) is 18.6. The number of aromatic nitrogens is 2. The van der Waals surface area contributed by atoms with Crippen LogP contribution in [0.5, 0.6) is 0 Å². The van der Waals surface area contributed by atoms with Crippen LogP contribution in [0.3, 0.4) is 0 Å². The van der Waals surface area contributed by atoms with Crippen molar-refractivity contribution < 1.29 is 13.3 Å². The highest BCUT2D eigenvalue weighted by molar-refractivity contribution is 7.89. The molecular formula is C14H17N5O4S. The highest BCUT2D eigenvalue weighted by Crippen LogP contribution is 2.28. The average molecular weight is 351 g/mol. The number of hydrogen-bond acceptors (Lipinski definition) is 6. The molecule has 10 heteroatoms. The number of nitrogens with zero attached hydrogens (tertiary/aromatic N) is 4. The molecule has 1 unspecified atom stereocenters. The monoisotopic (exact) mass is 351 g/mol. The van der Waals surface area contributed by atoms with E-state index in [1.54, 1.807) is 0 Å². The highest BCUT2D eigenvalue weighted by Gasteiger charge is 2.39. The molecule has 0 saturated carbocycles. The van der Waals surface area contributed by atoms with E-state index in [2.05, 4.69) is 10.4 Å². The molecule has 0 radical (unpaired) electrons. The van der Waals surface area contributed by atoms with Crippen molar-refractivity contribution in [3.63, 3.8) is 0 Å². The Bertz CT molecular complexity index is 849. The molecule has 1 saturated heterocycles. The summed E-state index contributed by atoms with van der Waals surface area (Å²) in [5, 5.41) is 17.9. The summed E-state index contributed by atoms with van der Waals surface area (Å²) < 4.78 is 27.8. The molecule has 1 atom stereocenters. The van der Waals surface area contributed by atoms with Gasteiger partial charge in [0.15, 0.2) is 0 Å². The number of para-hydroxylation sites is 1. The van der Waals surface area contributed by atoms with Crippen LogP contribution < -0.4 is 5.32 Å². The summed E-state index contributed by atoms with van der Waals surface area (Å²) in [7, 11) is -2.50. The van der Waals surface area contributed by atoms with E-state index in [9.17, 15) is 18.5 Å². The standard InChI is InChI=1S/C14H17N5O4S/c1-17-10-13(14(16-17)19(20)21)24(22,23)18-8-7-12(9-18)15-11-5-3-2-4-6-11/h2-6,10,12,15H,7-9H2,1H3. The number of rotatable bonds is 5. The Kier molecular flexibility index (Phi) is 4.24. The SMILES string of the molecule is Cn1cc(S(=O)(=O)N2CCC(Nc3ccccc3)C2)c([N+](=O)[O-])n1. The third kappa shape index (κ3) is 3.10. The number of sulfonamides is 1. The molecular weight excluding hydrogens is 334 g/mol. The van der Waals surface area contributed by atoms with Crippen LogP contribution in [0.1, 0.15) is 6.42 Å². The molecule has 1 aromatic carbocycles. The topological polar surface area (TPSA) is 110 Å². The lowest BCUT2D eigenvalue weighted by Crippen LogP contribution is -2.31. The molecule has 1 fully saturated rings. The first-order valence-electron chi connectivity index (χ1n) is 7.37. The van der Waals surface area contributed by atoms with Crippen molar-refractivity contribution in [3.8, 4) is 0 Å². The number of aryl methyl sites for hydroxylation is 1. The largest absolute Gasteiger partial charge is 0.410 e. The molecule has 2 heterocycles. The second-order valence-electron chi connectivity index (χ2n) is 5.61. The van der Waals surface area contributed by atoms with Gasteiger partial charge in [0, 0.05) is 24.8 Å². The Morgan fingerprint density at radius 2 is 2.04 bits per heavy atom. The molecule has 0 spiro atoms. The van der Waals surface area contributed by atoms with Crippen molar-refractivity contribution in [3.05, 3.63) is 46.6 Å². The fourth-order valence-corrected chi connectivity index (χ4v) is 4.37. The van der Waals surface area contributed by atoms with Crippen molar-refractivity contribution in [1.29, 1.82) is 0 Å². The Morgan fingerprint density at radius 1 is 1.33 bits per heavy atom. The van der Waals surface area contributed by atoms with Crippen LogP contribution in [-0.4, -0.2) is 46.6 Å². The van der Waals surface area contributed by atoms with Gasteiger partial charge in [-0.25, -0.2) is 8.42 Å². The lowest BCUT2D eigenvalue weighted by Gasteiger charge is -2.16. The molecule has 3 rings (SSSR count). The van der Waals surface area contributed by atoms with E-state index in [0.29, 0.717) is 13.0 Å². The second-order valence-corrected chi connectivity index (χ2v) is 7.51. The van der Waals surface area contributed by atoms with E-state index in [1.165, 1.54) is 17.5 Å². The third-order valence-electron chi connectivity index (χ3n) is 3.86. The smallest absolute Gasteiger partial charge is 0.381 e. The van der Waals surface area contributed by atoms with Gasteiger partial charge in [0.25, 0.3) is 10.0 Å². The number of benzene rings is 1. The predicted molar refractivity (Wildman–Crippen MR) is 87.1 cm³/mol. The number of hydrogen-bond donors (Lipinski definition) is 1. The molecule has 2 aromatic rings. The van der Waals surface area contributed by atoms with E-state index in [1.807, 2.05) is 30.3 Å². The summed E-state index contributed by atoms with van der Waals surface area (Å²) in [6.45, 7) is 0.558. The zero-order valence-corrected chi connectivity index (χ0v) is 13.8. The summed E-state index contributed by atoms with van der Waals surface area (Å²) in [5.74, 6) is -0.642. The minimum atomic E-state index is -3.95. The lowest BCUT2D eigenvalue weighted by molar-refractivity contribution is -0.392. The summed E-state index contributed by atoms with van der Waals surface area (Å²) >= 11 is 0. The Hall–Kier alpha value is -2.46. The van der Waals surface area contributed by atoms with Gasteiger partial charge in [0.05, 0.1) is 18.3 Å². The quantitative estimate of drug-likeness (QED) is 0.640. The molecule has 1 aliphatic heterocycles. The Morgan fingerprint density at radius 3 is 2.71 bits per heavy atom. The van der Waals surface area contributed by atoms with Crippen molar-refractivity contribution >= 4 is 21.5 Å². The fraction of sp³-hybridized carbons (Fsp3) is 0.357. The van der Waals surface area contributed by atoms with Gasteiger partial charge in [-0.2, -0.15) is 8.99 Å². The van der Waals surface area contributed by atoms with Gasteiger partial charge in [-0.3, -0.25) is 0 Å². The van der Waals surface area contributed by atoms with Gasteiger partial charge in [-0.1, -0.05) is 18.2 Å². The zero-order valence-electron chi connectivity index (χ0n) is 13.0. The van der Waals surface area contributed by atoms with Gasteiger partial charge in [0.1, 0.15) is 0 Å². The van der Waals surface area contributed by atoms with E-state index < -0.39 is 20.8 Å². The summed E-state index contributed by atoms with van der Waals surface area (Å²) in [4.78, 5) is 9.90. The summed E-state index contributed by atoms with van der Waals surface area (Å²) in [6, 6.07) is 9.46. The molecule has 24 heavy (non-hydrogen) atoms. The first kappa shape index (κ1) is 16.4. The number of anilines is 1. The van der Waals surface area contributed by atoms with Crippen LogP contribution in [0.25, 0.3) is 0 Å². The number of nitrogens with one attached hydrogen (secondary N) is 1. The van der Waals surface area contributed by atoms with E-state index in [0.717, 1.165) is 10.4 Å². The van der Waals surface area contributed by atoms with Gasteiger partial charge < -0.3 is 15.4 Å². The first-order chi connectivity index (χ1) is 11.4. The van der Waals surface area contributed by atoms with E-state index in [-0.39, 0.29) is 17.5 Å². The Labute approximate surface area is 139 Å². The molecule has 1 aliphatic rings. The molecule has 1 aromatic heterocycles. The maximum absolute atomic E-state index is 12.7. The first-order valence-corrected chi connectivity index (χ1v) is 8.81. The van der Waals surface area contributed by atoms with E-state index in [4.69, 9.17) is 0 Å². The van der Waals surface area contributed by atoms with Crippen LogP contribution >= 0.6 is 0 Å². The van der Waals surface area contributed by atoms with Gasteiger partial charge >= 0.3 is 5.82 Å². The summed E-state index contributed by atoms with van der Waals surface area (Å²) in [6.07, 6.45) is 1.80. The minimum Gasteiger partial charge on any atom is -0.381 e. The van der Waals surface area contributed by atoms with Crippen LogP contribution in [0.2, 0.25) is 0 Å². The van der Waals surface area contributed by atoms with Gasteiger partial charge in [-0.15, -0.1) is 0 Å². The van der Waals surface area contributed by atoms with Crippen molar-refractivity contribution in [2.75, 3.05) is 18.4 Å². The zero-order chi connectivity index (χ0) is 17.3. The van der Waals surface area contributed by atoms with Crippen LogP contribution in [0.15, 0.2) is 41.4 Å². The van der Waals surface area contributed by atoms with Crippen molar-refractivity contribution in [2.24, 2.45) is 7.05 Å². The maximum Gasteiger partial charge on any atom is 0.410 e. The summed E-state index contributed by atoms with van der Waals surface area (Å²) in [5.41, 5.74) is 0.911. The van der Waals surface area contributed by atoms with Gasteiger partial charge in [-0.05, 0) is 23.5 Å². The molecule has 0 bridgehead atoms.